The summed E-state index contributed by atoms with van der Waals surface area (Å²) in [5, 5.41) is 14.6. The average Bonchev–Trinajstić information content (AvgIpc) is 2.81. The van der Waals surface area contributed by atoms with Gasteiger partial charge in [-0.3, -0.25) is 0 Å². The van der Waals surface area contributed by atoms with Gasteiger partial charge in [0.05, 0.1) is 0 Å². The van der Waals surface area contributed by atoms with E-state index in [1.807, 2.05) is 0 Å². The number of nitrogens with two attached hydrogens (primary N) is 1. The Kier molecular flexibility index (Phi) is 4.02. The van der Waals surface area contributed by atoms with Crippen LogP contribution < -0.4 is 11.1 Å². The van der Waals surface area contributed by atoms with E-state index in [-0.39, 0.29) is 0 Å². The Morgan fingerprint density at radius 3 is 2.85 bits per heavy atom. The van der Waals surface area contributed by atoms with Crippen LogP contribution in [-0.4, -0.2) is 23.6 Å². The van der Waals surface area contributed by atoms with E-state index in [4.69, 9.17) is 10.9 Å². The summed E-state index contributed by atoms with van der Waals surface area (Å²) in [6.45, 7) is 3.31. The summed E-state index contributed by atoms with van der Waals surface area (Å²) in [4.78, 5) is 0. The van der Waals surface area contributed by atoms with Crippen molar-refractivity contribution in [2.24, 2.45) is 16.8 Å². The van der Waals surface area contributed by atoms with Gasteiger partial charge in [-0.15, -0.1) is 0 Å². The molecule has 1 aliphatic rings. The van der Waals surface area contributed by atoms with Crippen LogP contribution in [0.5, 0.6) is 0 Å². The zero-order chi connectivity index (χ0) is 9.68. The Hall–Kier alpha value is -0.770. The SMILES string of the molecule is CC1CC1NCCCCC(N)=NO. The molecule has 1 rings (SSSR count). The minimum Gasteiger partial charge on any atom is -0.409 e. The van der Waals surface area contributed by atoms with Gasteiger partial charge in [0.1, 0.15) is 5.84 Å². The monoisotopic (exact) mass is 185 g/mol. The molecule has 0 amide bonds. The van der Waals surface area contributed by atoms with Crippen LogP contribution in [0.1, 0.15) is 32.6 Å². The summed E-state index contributed by atoms with van der Waals surface area (Å²) in [5.41, 5.74) is 5.33. The van der Waals surface area contributed by atoms with E-state index < -0.39 is 0 Å². The van der Waals surface area contributed by atoms with E-state index in [0.29, 0.717) is 12.3 Å². The first-order chi connectivity index (χ1) is 6.24. The van der Waals surface area contributed by atoms with Crippen molar-refractivity contribution < 1.29 is 5.21 Å². The first-order valence-electron chi connectivity index (χ1n) is 4.94. The van der Waals surface area contributed by atoms with Crippen molar-refractivity contribution in [3.05, 3.63) is 0 Å². The second kappa shape index (κ2) is 5.07. The minimum absolute atomic E-state index is 0.333. The summed E-state index contributed by atoms with van der Waals surface area (Å²) in [6, 6.07) is 0.754. The molecule has 13 heavy (non-hydrogen) atoms. The fourth-order valence-corrected chi connectivity index (χ4v) is 1.38. The van der Waals surface area contributed by atoms with Crippen LogP contribution in [0, 0.1) is 5.92 Å². The van der Waals surface area contributed by atoms with Crippen LogP contribution >= 0.6 is 0 Å². The number of hydrogen-bond acceptors (Lipinski definition) is 3. The van der Waals surface area contributed by atoms with E-state index in [1.165, 1.54) is 6.42 Å². The summed E-state index contributed by atoms with van der Waals surface area (Å²) in [5.74, 6) is 1.20. The number of rotatable bonds is 6. The van der Waals surface area contributed by atoms with E-state index >= 15 is 0 Å². The summed E-state index contributed by atoms with van der Waals surface area (Å²) >= 11 is 0. The van der Waals surface area contributed by atoms with Gasteiger partial charge in [0.15, 0.2) is 0 Å². The van der Waals surface area contributed by atoms with E-state index in [1.54, 1.807) is 0 Å². The van der Waals surface area contributed by atoms with Crippen LogP contribution in [0.2, 0.25) is 0 Å². The lowest BCUT2D eigenvalue weighted by atomic mass is 10.2. The molecule has 1 aliphatic carbocycles. The van der Waals surface area contributed by atoms with E-state index in [0.717, 1.165) is 31.3 Å². The molecular weight excluding hydrogens is 166 g/mol. The Morgan fingerprint density at radius 2 is 2.31 bits per heavy atom. The highest BCUT2D eigenvalue weighted by molar-refractivity contribution is 5.79. The van der Waals surface area contributed by atoms with E-state index in [2.05, 4.69) is 17.4 Å². The molecular formula is C9H19N3O. The van der Waals surface area contributed by atoms with Gasteiger partial charge >= 0.3 is 0 Å². The molecule has 0 aromatic rings. The zero-order valence-corrected chi connectivity index (χ0v) is 8.16. The van der Waals surface area contributed by atoms with Crippen LogP contribution in [0.15, 0.2) is 5.16 Å². The lowest BCUT2D eigenvalue weighted by molar-refractivity contribution is 0.316. The second-order valence-corrected chi connectivity index (χ2v) is 3.82. The van der Waals surface area contributed by atoms with Crippen molar-refractivity contribution in [1.82, 2.24) is 5.32 Å². The molecule has 0 aliphatic heterocycles. The largest absolute Gasteiger partial charge is 0.409 e. The highest BCUT2D eigenvalue weighted by Crippen LogP contribution is 2.28. The molecule has 0 aromatic heterocycles. The van der Waals surface area contributed by atoms with Gasteiger partial charge in [-0.2, -0.15) is 0 Å². The van der Waals surface area contributed by atoms with Gasteiger partial charge in [0.25, 0.3) is 0 Å². The Morgan fingerprint density at radius 1 is 1.62 bits per heavy atom. The zero-order valence-electron chi connectivity index (χ0n) is 8.16. The summed E-state index contributed by atoms with van der Waals surface area (Å²) < 4.78 is 0. The summed E-state index contributed by atoms with van der Waals surface area (Å²) in [7, 11) is 0. The number of oxime groups is 1. The van der Waals surface area contributed by atoms with Gasteiger partial charge < -0.3 is 16.3 Å². The molecule has 0 aromatic carbocycles. The van der Waals surface area contributed by atoms with Crippen molar-refractivity contribution in [2.45, 2.75) is 38.6 Å². The molecule has 1 fully saturated rings. The van der Waals surface area contributed by atoms with Crippen LogP contribution in [0.4, 0.5) is 0 Å². The maximum absolute atomic E-state index is 8.27. The van der Waals surface area contributed by atoms with E-state index in [9.17, 15) is 0 Å². The van der Waals surface area contributed by atoms with Crippen molar-refractivity contribution in [3.63, 3.8) is 0 Å². The molecule has 0 radical (unpaired) electrons. The lowest BCUT2D eigenvalue weighted by Gasteiger charge is -2.02. The number of nitrogens with zero attached hydrogens (tertiary/aromatic N) is 1. The average molecular weight is 185 g/mol. The Bertz CT molecular complexity index is 182. The van der Waals surface area contributed by atoms with Crippen LogP contribution in [0.25, 0.3) is 0 Å². The molecule has 0 bridgehead atoms. The molecule has 0 saturated heterocycles. The molecule has 0 spiro atoms. The topological polar surface area (TPSA) is 70.6 Å². The number of unbranched alkanes of at least 4 members (excludes halogenated alkanes) is 1. The van der Waals surface area contributed by atoms with Gasteiger partial charge in [0.2, 0.25) is 0 Å². The molecule has 76 valence electrons. The molecule has 0 heterocycles. The Balaban J connectivity index is 1.84. The summed E-state index contributed by atoms with van der Waals surface area (Å²) in [6.07, 6.45) is 4.10. The third-order valence-electron chi connectivity index (χ3n) is 2.50. The maximum atomic E-state index is 8.27. The molecule has 1 saturated carbocycles. The fourth-order valence-electron chi connectivity index (χ4n) is 1.38. The molecule has 4 nitrogen and oxygen atoms in total. The predicted octanol–water partition coefficient (Wildman–Crippen LogP) is 0.901. The van der Waals surface area contributed by atoms with Crippen molar-refractivity contribution in [2.75, 3.05) is 6.54 Å². The molecule has 4 heteroatoms. The highest BCUT2D eigenvalue weighted by atomic mass is 16.4. The van der Waals surface area contributed by atoms with Gasteiger partial charge in [-0.25, -0.2) is 0 Å². The third-order valence-corrected chi connectivity index (χ3v) is 2.50. The van der Waals surface area contributed by atoms with Gasteiger partial charge in [-0.1, -0.05) is 12.1 Å². The molecule has 2 unspecified atom stereocenters. The van der Waals surface area contributed by atoms with Gasteiger partial charge in [0, 0.05) is 12.5 Å². The quantitative estimate of drug-likeness (QED) is 0.189. The first-order valence-corrected chi connectivity index (χ1v) is 4.94. The highest BCUT2D eigenvalue weighted by Gasteiger charge is 2.31. The Labute approximate surface area is 79.2 Å². The predicted molar refractivity (Wildman–Crippen MR) is 52.8 cm³/mol. The number of amidine groups is 1. The van der Waals surface area contributed by atoms with Crippen molar-refractivity contribution >= 4 is 5.84 Å². The second-order valence-electron chi connectivity index (χ2n) is 3.82. The van der Waals surface area contributed by atoms with Crippen molar-refractivity contribution in [3.8, 4) is 0 Å². The lowest BCUT2D eigenvalue weighted by Crippen LogP contribution is -2.19. The van der Waals surface area contributed by atoms with Crippen LogP contribution in [-0.2, 0) is 0 Å². The molecule has 2 atom stereocenters. The number of nitrogens with one attached hydrogen (secondary N) is 1. The maximum Gasteiger partial charge on any atom is 0.139 e. The normalized spacial score (nSPS) is 27.6. The fraction of sp³-hybridized carbons (Fsp3) is 0.889. The standard InChI is InChI=1S/C9H19N3O/c1-7-6-8(7)11-5-3-2-4-9(10)12-13/h7-8,11,13H,2-6H2,1H3,(H2,10,12). The smallest absolute Gasteiger partial charge is 0.139 e. The number of hydrogen-bond donors (Lipinski definition) is 3. The minimum atomic E-state index is 0.333. The van der Waals surface area contributed by atoms with Crippen molar-refractivity contribution in [1.29, 1.82) is 0 Å². The first kappa shape index (κ1) is 10.3. The molecule has 4 N–H and O–H groups in total. The van der Waals surface area contributed by atoms with Gasteiger partial charge in [-0.05, 0) is 31.7 Å². The third kappa shape index (κ3) is 4.12. The van der Waals surface area contributed by atoms with Crippen LogP contribution in [0.3, 0.4) is 0 Å².